The third kappa shape index (κ3) is 3.61. The lowest BCUT2D eigenvalue weighted by Crippen LogP contribution is -1.99. The van der Waals surface area contributed by atoms with Gasteiger partial charge in [0, 0.05) is 12.8 Å². The number of aliphatic hydroxyl groups is 1. The van der Waals surface area contributed by atoms with E-state index in [2.05, 4.69) is 4.98 Å². The molecule has 3 nitrogen and oxygen atoms in total. The highest BCUT2D eigenvalue weighted by Gasteiger charge is 1.99. The summed E-state index contributed by atoms with van der Waals surface area (Å²) in [6.07, 6.45) is 3.18. The summed E-state index contributed by atoms with van der Waals surface area (Å²) < 4.78 is 5.33. The van der Waals surface area contributed by atoms with Crippen LogP contribution in [-0.4, -0.2) is 23.3 Å². The van der Waals surface area contributed by atoms with Gasteiger partial charge in [0.15, 0.2) is 10.9 Å². The van der Waals surface area contributed by atoms with Gasteiger partial charge in [-0.05, 0) is 25.0 Å². The molecule has 1 rings (SSSR count). The Labute approximate surface area is 82.3 Å². The van der Waals surface area contributed by atoms with E-state index in [1.54, 1.807) is 18.3 Å². The predicted molar refractivity (Wildman–Crippen MR) is 51.1 cm³/mol. The van der Waals surface area contributed by atoms with Crippen molar-refractivity contribution in [2.24, 2.45) is 0 Å². The molecular formula is C9H12ClNO2. The number of halogens is 1. The van der Waals surface area contributed by atoms with E-state index in [1.807, 2.05) is 0 Å². The second kappa shape index (κ2) is 5.78. The normalized spacial score (nSPS) is 10.0. The molecule has 0 bridgehead atoms. The van der Waals surface area contributed by atoms with Crippen LogP contribution in [0.3, 0.4) is 0 Å². The number of pyridine rings is 1. The van der Waals surface area contributed by atoms with Crippen LogP contribution in [0.1, 0.15) is 12.8 Å². The van der Waals surface area contributed by atoms with Crippen molar-refractivity contribution < 1.29 is 9.84 Å². The van der Waals surface area contributed by atoms with Gasteiger partial charge in [0.05, 0.1) is 6.61 Å². The molecule has 1 aromatic rings. The summed E-state index contributed by atoms with van der Waals surface area (Å²) in [6, 6.07) is 3.54. The van der Waals surface area contributed by atoms with Crippen LogP contribution in [0.4, 0.5) is 0 Å². The van der Waals surface area contributed by atoms with Crippen LogP contribution in [0.2, 0.25) is 5.15 Å². The molecule has 0 radical (unpaired) electrons. The number of hydrogen-bond donors (Lipinski definition) is 1. The van der Waals surface area contributed by atoms with E-state index in [0.717, 1.165) is 12.8 Å². The number of nitrogens with zero attached hydrogens (tertiary/aromatic N) is 1. The topological polar surface area (TPSA) is 42.4 Å². The molecule has 0 aliphatic heterocycles. The molecule has 4 heteroatoms. The van der Waals surface area contributed by atoms with E-state index in [1.165, 1.54) is 0 Å². The summed E-state index contributed by atoms with van der Waals surface area (Å²) in [5, 5.41) is 8.91. The van der Waals surface area contributed by atoms with Gasteiger partial charge in [-0.1, -0.05) is 11.6 Å². The van der Waals surface area contributed by atoms with Gasteiger partial charge in [-0.15, -0.1) is 0 Å². The lowest BCUT2D eigenvalue weighted by molar-refractivity contribution is 0.253. The molecule has 72 valence electrons. The molecule has 1 N–H and O–H groups in total. The van der Waals surface area contributed by atoms with Gasteiger partial charge in [0.25, 0.3) is 0 Å². The summed E-state index contributed by atoms with van der Waals surface area (Å²) in [5.41, 5.74) is 0. The maximum atomic E-state index is 8.52. The number of aromatic nitrogens is 1. The van der Waals surface area contributed by atoms with Gasteiger partial charge in [-0.2, -0.15) is 0 Å². The first-order valence-electron chi connectivity index (χ1n) is 4.19. The number of rotatable bonds is 5. The minimum Gasteiger partial charge on any atom is -0.490 e. The minimum absolute atomic E-state index is 0.199. The van der Waals surface area contributed by atoms with Crippen molar-refractivity contribution >= 4 is 11.6 Å². The third-order valence-corrected chi connectivity index (χ3v) is 1.82. The Bertz CT molecular complexity index is 255. The Morgan fingerprint density at radius 1 is 1.46 bits per heavy atom. The molecule has 1 aromatic heterocycles. The Balaban J connectivity index is 2.32. The number of ether oxygens (including phenoxy) is 1. The predicted octanol–water partition coefficient (Wildman–Crippen LogP) is 1.89. The van der Waals surface area contributed by atoms with E-state index >= 15 is 0 Å². The lowest BCUT2D eigenvalue weighted by atomic mass is 10.3. The largest absolute Gasteiger partial charge is 0.490 e. The SMILES string of the molecule is OCCCCOc1cccnc1Cl. The van der Waals surface area contributed by atoms with E-state index < -0.39 is 0 Å². The fourth-order valence-corrected chi connectivity index (χ4v) is 1.05. The van der Waals surface area contributed by atoms with Crippen molar-refractivity contribution in [1.82, 2.24) is 4.98 Å². The standard InChI is InChI=1S/C9H12ClNO2/c10-9-8(4-3-5-11-9)13-7-2-1-6-12/h3-5,12H,1-2,6-7H2. The smallest absolute Gasteiger partial charge is 0.171 e. The summed E-state index contributed by atoms with van der Waals surface area (Å²) in [4.78, 5) is 3.87. The Morgan fingerprint density at radius 3 is 3.00 bits per heavy atom. The second-order valence-electron chi connectivity index (χ2n) is 2.57. The number of unbranched alkanes of at least 4 members (excludes halogenated alkanes) is 1. The van der Waals surface area contributed by atoms with Gasteiger partial charge in [-0.25, -0.2) is 4.98 Å². The number of hydrogen-bond acceptors (Lipinski definition) is 3. The van der Waals surface area contributed by atoms with Crippen LogP contribution in [0.5, 0.6) is 5.75 Å². The highest BCUT2D eigenvalue weighted by molar-refractivity contribution is 6.30. The first-order valence-corrected chi connectivity index (χ1v) is 4.56. The Morgan fingerprint density at radius 2 is 2.31 bits per heavy atom. The van der Waals surface area contributed by atoms with Gasteiger partial charge >= 0.3 is 0 Å². The molecule has 0 aliphatic carbocycles. The molecule has 0 saturated heterocycles. The van der Waals surface area contributed by atoms with E-state index in [-0.39, 0.29) is 6.61 Å². The van der Waals surface area contributed by atoms with Gasteiger partial charge in [0.1, 0.15) is 0 Å². The molecule has 0 aliphatic rings. The fraction of sp³-hybridized carbons (Fsp3) is 0.444. The van der Waals surface area contributed by atoms with Crippen LogP contribution < -0.4 is 4.74 Å². The summed E-state index contributed by atoms with van der Waals surface area (Å²) in [6.45, 7) is 0.760. The molecule has 0 fully saturated rings. The summed E-state index contributed by atoms with van der Waals surface area (Å²) >= 11 is 5.75. The third-order valence-electron chi connectivity index (χ3n) is 1.53. The zero-order chi connectivity index (χ0) is 9.52. The first-order chi connectivity index (χ1) is 6.34. The van der Waals surface area contributed by atoms with Gasteiger partial charge in [-0.3, -0.25) is 0 Å². The van der Waals surface area contributed by atoms with Gasteiger partial charge < -0.3 is 9.84 Å². The second-order valence-corrected chi connectivity index (χ2v) is 2.93. The maximum absolute atomic E-state index is 8.52. The van der Waals surface area contributed by atoms with Crippen molar-refractivity contribution in [3.63, 3.8) is 0 Å². The molecule has 0 atom stereocenters. The average molecular weight is 202 g/mol. The zero-order valence-electron chi connectivity index (χ0n) is 7.24. The summed E-state index contributed by atoms with van der Waals surface area (Å²) in [5.74, 6) is 0.599. The molecule has 13 heavy (non-hydrogen) atoms. The minimum atomic E-state index is 0.199. The van der Waals surface area contributed by atoms with Crippen molar-refractivity contribution in [2.45, 2.75) is 12.8 Å². The molecule has 0 unspecified atom stereocenters. The first kappa shape index (κ1) is 10.3. The van der Waals surface area contributed by atoms with Gasteiger partial charge in [0.2, 0.25) is 0 Å². The highest BCUT2D eigenvalue weighted by Crippen LogP contribution is 2.20. The maximum Gasteiger partial charge on any atom is 0.171 e. The van der Waals surface area contributed by atoms with Crippen LogP contribution in [0.15, 0.2) is 18.3 Å². The quantitative estimate of drug-likeness (QED) is 0.585. The lowest BCUT2D eigenvalue weighted by Gasteiger charge is -2.05. The molecule has 1 heterocycles. The number of aliphatic hydroxyl groups excluding tert-OH is 1. The van der Waals surface area contributed by atoms with Crippen molar-refractivity contribution in [3.8, 4) is 5.75 Å². The van der Waals surface area contributed by atoms with Crippen LogP contribution in [0, 0.1) is 0 Å². The highest BCUT2D eigenvalue weighted by atomic mass is 35.5. The van der Waals surface area contributed by atoms with E-state index in [9.17, 15) is 0 Å². The summed E-state index contributed by atoms with van der Waals surface area (Å²) in [7, 11) is 0. The molecule has 0 spiro atoms. The Hall–Kier alpha value is -0.800. The van der Waals surface area contributed by atoms with Crippen molar-refractivity contribution in [2.75, 3.05) is 13.2 Å². The zero-order valence-corrected chi connectivity index (χ0v) is 8.00. The average Bonchev–Trinajstić information content (AvgIpc) is 2.15. The van der Waals surface area contributed by atoms with E-state index in [0.29, 0.717) is 17.5 Å². The van der Waals surface area contributed by atoms with Crippen molar-refractivity contribution in [1.29, 1.82) is 0 Å². The molecule has 0 amide bonds. The molecular weight excluding hydrogens is 190 g/mol. The van der Waals surface area contributed by atoms with E-state index in [4.69, 9.17) is 21.4 Å². The van der Waals surface area contributed by atoms with Crippen molar-refractivity contribution in [3.05, 3.63) is 23.5 Å². The van der Waals surface area contributed by atoms with Crippen LogP contribution >= 0.6 is 11.6 Å². The Kier molecular flexibility index (Phi) is 4.57. The molecule has 0 saturated carbocycles. The van der Waals surface area contributed by atoms with Crippen LogP contribution in [0.25, 0.3) is 0 Å². The molecule has 0 aromatic carbocycles. The van der Waals surface area contributed by atoms with Crippen LogP contribution in [-0.2, 0) is 0 Å². The monoisotopic (exact) mass is 201 g/mol. The fourth-order valence-electron chi connectivity index (χ4n) is 0.875.